The first-order valence-corrected chi connectivity index (χ1v) is 12.1. The minimum Gasteiger partial charge on any atom is -0.225 e. The number of sulfone groups is 1. The van der Waals surface area contributed by atoms with E-state index in [4.69, 9.17) is 0 Å². The Labute approximate surface area is 158 Å². The molecule has 0 N–H and O–H groups in total. The van der Waals surface area contributed by atoms with E-state index < -0.39 is 17.8 Å². The Morgan fingerprint density at radius 2 is 1.31 bits per heavy atom. The zero-order chi connectivity index (χ0) is 18.0. The van der Waals surface area contributed by atoms with Gasteiger partial charge >= 0.3 is 0 Å². The van der Waals surface area contributed by atoms with Crippen molar-refractivity contribution in [2.75, 3.05) is 5.49 Å². The predicted octanol–water partition coefficient (Wildman–Crippen LogP) is 4.16. The topological polar surface area (TPSA) is 47.0 Å². The van der Waals surface area contributed by atoms with Gasteiger partial charge in [0, 0.05) is 0 Å². The minimum absolute atomic E-state index is 0.0657. The molecular formula is C20H16NO2PS2. The molecule has 26 heavy (non-hydrogen) atoms. The highest BCUT2D eigenvalue weighted by atomic mass is 32.2. The van der Waals surface area contributed by atoms with Gasteiger partial charge in [-0.1, -0.05) is 72.8 Å². The number of thiazole rings is 1. The van der Waals surface area contributed by atoms with Crippen LogP contribution in [0.5, 0.6) is 0 Å². The molecule has 0 atom stereocenters. The highest BCUT2D eigenvalue weighted by Gasteiger charge is 2.26. The van der Waals surface area contributed by atoms with E-state index >= 15 is 0 Å². The van der Waals surface area contributed by atoms with Gasteiger partial charge in [0.15, 0.2) is 0 Å². The van der Waals surface area contributed by atoms with Crippen LogP contribution in [0.4, 0.5) is 0 Å². The lowest BCUT2D eigenvalue weighted by Gasteiger charge is -2.18. The van der Waals surface area contributed by atoms with Crippen LogP contribution < -0.4 is 10.6 Å². The van der Waals surface area contributed by atoms with Gasteiger partial charge in [0.05, 0.1) is 15.7 Å². The highest BCUT2D eigenvalue weighted by molar-refractivity contribution is 8.01. The summed E-state index contributed by atoms with van der Waals surface area (Å²) >= 11 is 1.25. The van der Waals surface area contributed by atoms with E-state index in [9.17, 15) is 8.42 Å². The molecule has 0 unspecified atom stereocenters. The number of benzene rings is 3. The van der Waals surface area contributed by atoms with E-state index in [1.54, 1.807) is 0 Å². The molecule has 0 bridgehead atoms. The SMILES string of the molecule is O=S(=O)(CP(c1ccccc1)c1ccccc1)c1nc2ccccc2s1. The summed E-state index contributed by atoms with van der Waals surface area (Å²) in [4.78, 5) is 4.37. The second-order valence-electron chi connectivity index (χ2n) is 5.79. The summed E-state index contributed by atoms with van der Waals surface area (Å²) in [6.45, 7) is 0. The number of fused-ring (bicyclic) bond motifs is 1. The fourth-order valence-electron chi connectivity index (χ4n) is 2.72. The lowest BCUT2D eigenvalue weighted by atomic mass is 10.3. The number of para-hydroxylation sites is 1. The molecule has 6 heteroatoms. The molecule has 0 aliphatic carbocycles. The van der Waals surface area contributed by atoms with Crippen molar-refractivity contribution >= 4 is 49.9 Å². The average Bonchev–Trinajstić information content (AvgIpc) is 3.13. The van der Waals surface area contributed by atoms with Crippen LogP contribution in [0.25, 0.3) is 10.2 Å². The number of nitrogens with zero attached hydrogens (tertiary/aromatic N) is 1. The van der Waals surface area contributed by atoms with E-state index in [1.807, 2.05) is 84.9 Å². The molecule has 0 radical (unpaired) electrons. The molecule has 1 aromatic heterocycles. The van der Waals surface area contributed by atoms with Crippen molar-refractivity contribution in [1.29, 1.82) is 0 Å². The molecular weight excluding hydrogens is 381 g/mol. The van der Waals surface area contributed by atoms with Crippen molar-refractivity contribution in [2.24, 2.45) is 0 Å². The third kappa shape index (κ3) is 3.56. The zero-order valence-electron chi connectivity index (χ0n) is 13.8. The average molecular weight is 397 g/mol. The first-order chi connectivity index (χ1) is 12.6. The summed E-state index contributed by atoms with van der Waals surface area (Å²) in [5.41, 5.74) is 0.802. The van der Waals surface area contributed by atoms with Crippen LogP contribution in [0.1, 0.15) is 0 Å². The summed E-state index contributed by atoms with van der Waals surface area (Å²) in [7, 11) is -4.49. The fourth-order valence-corrected chi connectivity index (χ4v) is 9.27. The van der Waals surface area contributed by atoms with Gasteiger partial charge in [0.2, 0.25) is 14.2 Å². The van der Waals surface area contributed by atoms with Crippen LogP contribution in [0.3, 0.4) is 0 Å². The molecule has 0 aliphatic heterocycles. The molecule has 4 aromatic rings. The molecule has 4 rings (SSSR count). The fraction of sp³-hybridized carbons (Fsp3) is 0.0500. The molecule has 0 saturated carbocycles. The van der Waals surface area contributed by atoms with Crippen molar-refractivity contribution in [3.05, 3.63) is 84.9 Å². The maximum atomic E-state index is 13.1. The van der Waals surface area contributed by atoms with Crippen molar-refractivity contribution in [2.45, 2.75) is 4.34 Å². The van der Waals surface area contributed by atoms with Crippen molar-refractivity contribution in [3.63, 3.8) is 0 Å². The van der Waals surface area contributed by atoms with Gasteiger partial charge in [-0.25, -0.2) is 13.4 Å². The Balaban J connectivity index is 1.75. The van der Waals surface area contributed by atoms with E-state index in [-0.39, 0.29) is 9.83 Å². The molecule has 0 amide bonds. The van der Waals surface area contributed by atoms with Crippen molar-refractivity contribution in [1.82, 2.24) is 4.98 Å². The largest absolute Gasteiger partial charge is 0.225 e. The van der Waals surface area contributed by atoms with E-state index in [2.05, 4.69) is 4.98 Å². The molecule has 130 valence electrons. The number of hydrogen-bond donors (Lipinski definition) is 0. The van der Waals surface area contributed by atoms with Gasteiger partial charge in [-0.15, -0.1) is 11.3 Å². The Hall–Kier alpha value is -2.07. The van der Waals surface area contributed by atoms with Gasteiger partial charge in [0.25, 0.3) is 0 Å². The molecule has 1 heterocycles. The highest BCUT2D eigenvalue weighted by Crippen LogP contribution is 2.38. The normalized spacial score (nSPS) is 11.9. The van der Waals surface area contributed by atoms with Gasteiger partial charge in [0.1, 0.15) is 0 Å². The van der Waals surface area contributed by atoms with E-state index in [0.29, 0.717) is 0 Å². The van der Waals surface area contributed by atoms with Gasteiger partial charge in [-0.2, -0.15) is 0 Å². The first-order valence-electron chi connectivity index (χ1n) is 8.09. The quantitative estimate of drug-likeness (QED) is 0.475. The third-order valence-electron chi connectivity index (χ3n) is 3.98. The van der Waals surface area contributed by atoms with Crippen molar-refractivity contribution in [3.8, 4) is 0 Å². The van der Waals surface area contributed by atoms with E-state index in [1.165, 1.54) is 11.3 Å². The molecule has 3 aromatic carbocycles. The van der Waals surface area contributed by atoms with Crippen molar-refractivity contribution < 1.29 is 8.42 Å². The zero-order valence-corrected chi connectivity index (χ0v) is 16.3. The predicted molar refractivity (Wildman–Crippen MR) is 111 cm³/mol. The summed E-state index contributed by atoms with van der Waals surface area (Å²) < 4.78 is 27.4. The smallest absolute Gasteiger partial charge is 0.210 e. The second-order valence-corrected chi connectivity index (χ2v) is 11.6. The molecule has 0 saturated heterocycles. The van der Waals surface area contributed by atoms with Gasteiger partial charge < -0.3 is 0 Å². The Kier molecular flexibility index (Phi) is 4.86. The molecule has 0 fully saturated rings. The monoisotopic (exact) mass is 397 g/mol. The maximum absolute atomic E-state index is 13.1. The Bertz CT molecular complexity index is 1050. The molecule has 0 aliphatic rings. The van der Waals surface area contributed by atoms with E-state index in [0.717, 1.165) is 20.8 Å². The molecule has 3 nitrogen and oxygen atoms in total. The summed E-state index contributed by atoms with van der Waals surface area (Å²) in [6.07, 6.45) is 0. The number of aromatic nitrogens is 1. The Morgan fingerprint density at radius 3 is 1.88 bits per heavy atom. The van der Waals surface area contributed by atoms with Crippen LogP contribution in [0.15, 0.2) is 89.3 Å². The molecule has 0 spiro atoms. The van der Waals surface area contributed by atoms with Crippen LogP contribution in [-0.4, -0.2) is 18.9 Å². The summed E-state index contributed by atoms with van der Waals surface area (Å²) in [5.74, 6) is 0. The van der Waals surface area contributed by atoms with Crippen LogP contribution in [0.2, 0.25) is 0 Å². The van der Waals surface area contributed by atoms with Crippen LogP contribution >= 0.6 is 19.3 Å². The van der Waals surface area contributed by atoms with Gasteiger partial charge in [-0.05, 0) is 30.7 Å². The second kappa shape index (κ2) is 7.28. The van der Waals surface area contributed by atoms with Gasteiger partial charge in [-0.3, -0.25) is 0 Å². The minimum atomic E-state index is -3.48. The lowest BCUT2D eigenvalue weighted by Crippen LogP contribution is -2.18. The maximum Gasteiger partial charge on any atom is 0.210 e. The van der Waals surface area contributed by atoms with Crippen LogP contribution in [0, 0.1) is 0 Å². The number of hydrogen-bond acceptors (Lipinski definition) is 4. The first kappa shape index (κ1) is 17.3. The third-order valence-corrected chi connectivity index (χ3v) is 10.7. The summed E-state index contributed by atoms with van der Waals surface area (Å²) in [6, 6.07) is 27.3. The lowest BCUT2D eigenvalue weighted by molar-refractivity contribution is 0.600. The number of rotatable bonds is 5. The standard InChI is InChI=1S/C20H16NO2PS2/c22-26(23,20-21-18-13-7-8-14-19(18)25-20)15-24(16-9-3-1-4-10-16)17-11-5-2-6-12-17/h1-14H,15H2. The Morgan fingerprint density at radius 1 is 0.769 bits per heavy atom. The summed E-state index contributed by atoms with van der Waals surface area (Å²) in [5, 5.41) is 2.11. The van der Waals surface area contributed by atoms with Crippen LogP contribution in [-0.2, 0) is 9.84 Å².